The van der Waals surface area contributed by atoms with Crippen LogP contribution < -0.4 is 0 Å². The first-order chi connectivity index (χ1) is 10.4. The summed E-state index contributed by atoms with van der Waals surface area (Å²) < 4.78 is 4.64. The minimum atomic E-state index is -0.843. The van der Waals surface area contributed by atoms with E-state index in [1.807, 2.05) is 0 Å². The second-order valence-electron chi connectivity index (χ2n) is 4.19. The van der Waals surface area contributed by atoms with E-state index < -0.39 is 10.9 Å². The highest BCUT2D eigenvalue weighted by Crippen LogP contribution is 2.39. The first-order valence-electron chi connectivity index (χ1n) is 5.87. The first kappa shape index (κ1) is 16.5. The third-order valence-corrected chi connectivity index (χ3v) is 3.96. The maximum Gasteiger partial charge on any atom is 0.345 e. The minimum Gasteiger partial charge on any atom is -0.465 e. The molecule has 0 saturated heterocycles. The lowest BCUT2D eigenvalue weighted by Crippen LogP contribution is -2.08. The predicted molar refractivity (Wildman–Crippen MR) is 84.9 cm³/mol. The predicted octanol–water partition coefficient (Wildman–Crippen LogP) is 5.01. The van der Waals surface area contributed by atoms with Crippen LogP contribution in [0.15, 0.2) is 30.3 Å². The van der Waals surface area contributed by atoms with Crippen molar-refractivity contribution in [3.05, 3.63) is 61.1 Å². The van der Waals surface area contributed by atoms with Gasteiger partial charge >= 0.3 is 5.97 Å². The molecule has 0 aliphatic heterocycles. The van der Waals surface area contributed by atoms with Crippen LogP contribution >= 0.6 is 34.8 Å². The number of carbonyl (C=O) groups excluding carboxylic acids is 1. The largest absolute Gasteiger partial charge is 0.465 e. The van der Waals surface area contributed by atoms with E-state index >= 15 is 0 Å². The van der Waals surface area contributed by atoms with Gasteiger partial charge in [-0.05, 0) is 12.1 Å². The fraction of sp³-hybridized carbons (Fsp3) is 0.0714. The van der Waals surface area contributed by atoms with E-state index in [1.165, 1.54) is 30.3 Å². The lowest BCUT2D eigenvalue weighted by Gasteiger charge is -2.11. The summed E-state index contributed by atoms with van der Waals surface area (Å²) in [6.07, 6.45) is 0. The number of nitrogens with zero attached hydrogens (tertiary/aromatic N) is 1. The Kier molecular flexibility index (Phi) is 4.90. The van der Waals surface area contributed by atoms with Crippen molar-refractivity contribution in [3.8, 4) is 11.1 Å². The molecule has 0 aliphatic rings. The average Bonchev–Trinajstić information content (AvgIpc) is 2.49. The number of rotatable bonds is 3. The van der Waals surface area contributed by atoms with E-state index in [9.17, 15) is 14.9 Å². The number of hydrogen-bond donors (Lipinski definition) is 0. The molecular formula is C14H8Cl3NO4. The van der Waals surface area contributed by atoms with Crippen LogP contribution in [-0.2, 0) is 4.74 Å². The van der Waals surface area contributed by atoms with E-state index in [0.717, 1.165) is 7.11 Å². The Hall–Kier alpha value is -1.82. The Morgan fingerprint density at radius 1 is 1.09 bits per heavy atom. The molecule has 0 aromatic heterocycles. The number of carbonyl (C=O) groups is 1. The third kappa shape index (κ3) is 3.02. The molecule has 0 spiro atoms. The number of esters is 1. The second-order valence-corrected chi connectivity index (χ2v) is 5.42. The van der Waals surface area contributed by atoms with Crippen LogP contribution in [0, 0.1) is 10.1 Å². The van der Waals surface area contributed by atoms with Gasteiger partial charge in [-0.25, -0.2) is 4.79 Å². The van der Waals surface area contributed by atoms with Crippen LogP contribution in [0.5, 0.6) is 0 Å². The topological polar surface area (TPSA) is 69.4 Å². The SMILES string of the molecule is COC(=O)c1c(-c2cc(Cl)c(Cl)cc2Cl)cccc1[N+](=O)[O-]. The van der Waals surface area contributed by atoms with Crippen molar-refractivity contribution in [1.82, 2.24) is 0 Å². The molecule has 0 bridgehead atoms. The number of hydrogen-bond acceptors (Lipinski definition) is 4. The van der Waals surface area contributed by atoms with Gasteiger partial charge in [-0.1, -0.05) is 46.9 Å². The maximum absolute atomic E-state index is 12.0. The van der Waals surface area contributed by atoms with E-state index in [1.54, 1.807) is 0 Å². The van der Waals surface area contributed by atoms with Gasteiger partial charge in [0.25, 0.3) is 5.69 Å². The van der Waals surface area contributed by atoms with E-state index in [-0.39, 0.29) is 31.9 Å². The van der Waals surface area contributed by atoms with Gasteiger partial charge < -0.3 is 4.74 Å². The highest BCUT2D eigenvalue weighted by molar-refractivity contribution is 6.44. The van der Waals surface area contributed by atoms with Gasteiger partial charge in [-0.2, -0.15) is 0 Å². The number of benzene rings is 2. The molecule has 0 saturated carbocycles. The number of nitro benzene ring substituents is 1. The van der Waals surface area contributed by atoms with E-state index in [0.29, 0.717) is 5.56 Å². The molecule has 0 atom stereocenters. The molecule has 0 fully saturated rings. The highest BCUT2D eigenvalue weighted by atomic mass is 35.5. The molecule has 2 rings (SSSR count). The van der Waals surface area contributed by atoms with E-state index in [2.05, 4.69) is 4.74 Å². The molecule has 114 valence electrons. The van der Waals surface area contributed by atoms with E-state index in [4.69, 9.17) is 34.8 Å². The van der Waals surface area contributed by atoms with Crippen molar-refractivity contribution in [1.29, 1.82) is 0 Å². The van der Waals surface area contributed by atoms with Crippen molar-refractivity contribution >= 4 is 46.5 Å². The lowest BCUT2D eigenvalue weighted by molar-refractivity contribution is -0.385. The Bertz CT molecular complexity index is 777. The molecule has 2 aromatic rings. The Labute approximate surface area is 140 Å². The van der Waals surface area contributed by atoms with Crippen LogP contribution in [0.4, 0.5) is 5.69 Å². The lowest BCUT2D eigenvalue weighted by atomic mass is 9.98. The molecule has 2 aromatic carbocycles. The van der Waals surface area contributed by atoms with Crippen molar-refractivity contribution in [2.75, 3.05) is 7.11 Å². The van der Waals surface area contributed by atoms with Crippen LogP contribution in [0.1, 0.15) is 10.4 Å². The maximum atomic E-state index is 12.0. The van der Waals surface area contributed by atoms with Crippen LogP contribution in [-0.4, -0.2) is 18.0 Å². The third-order valence-electron chi connectivity index (χ3n) is 2.93. The van der Waals surface area contributed by atoms with Gasteiger partial charge in [0.1, 0.15) is 5.56 Å². The standard InChI is InChI=1S/C14H8Cl3NO4/c1-22-14(19)13-7(3-2-4-12(13)18(20)21)8-5-10(16)11(17)6-9(8)15/h2-6H,1H3. The van der Waals surface area contributed by atoms with Crippen molar-refractivity contribution < 1.29 is 14.5 Å². The quantitative estimate of drug-likeness (QED) is 0.334. The van der Waals surface area contributed by atoms with Gasteiger partial charge in [-0.15, -0.1) is 0 Å². The summed E-state index contributed by atoms with van der Waals surface area (Å²) in [6.45, 7) is 0. The molecule has 5 nitrogen and oxygen atoms in total. The summed E-state index contributed by atoms with van der Waals surface area (Å²) in [7, 11) is 1.14. The van der Waals surface area contributed by atoms with Gasteiger partial charge in [0, 0.05) is 17.2 Å². The normalized spacial score (nSPS) is 10.4. The summed E-state index contributed by atoms with van der Waals surface area (Å²) in [5.74, 6) is -0.843. The zero-order valence-electron chi connectivity index (χ0n) is 11.1. The van der Waals surface area contributed by atoms with Crippen LogP contribution in [0.2, 0.25) is 15.1 Å². The number of nitro groups is 1. The Balaban J connectivity index is 2.81. The molecular weight excluding hydrogens is 353 g/mol. The monoisotopic (exact) mass is 359 g/mol. The molecule has 22 heavy (non-hydrogen) atoms. The summed E-state index contributed by atoms with van der Waals surface area (Å²) in [4.78, 5) is 22.5. The molecule has 0 amide bonds. The summed E-state index contributed by atoms with van der Waals surface area (Å²) in [5.41, 5.74) is 0.00608. The fourth-order valence-electron chi connectivity index (χ4n) is 1.96. The van der Waals surface area contributed by atoms with Gasteiger partial charge in [0.05, 0.1) is 27.1 Å². The van der Waals surface area contributed by atoms with Gasteiger partial charge in [0.15, 0.2) is 0 Å². The molecule has 0 heterocycles. The first-order valence-corrected chi connectivity index (χ1v) is 7.00. The van der Waals surface area contributed by atoms with Gasteiger partial charge in [-0.3, -0.25) is 10.1 Å². The fourth-order valence-corrected chi connectivity index (χ4v) is 2.61. The van der Waals surface area contributed by atoms with Crippen LogP contribution in [0.25, 0.3) is 11.1 Å². The smallest absolute Gasteiger partial charge is 0.345 e. The van der Waals surface area contributed by atoms with Crippen LogP contribution in [0.3, 0.4) is 0 Å². The molecule has 0 radical (unpaired) electrons. The zero-order valence-corrected chi connectivity index (χ0v) is 13.4. The highest BCUT2D eigenvalue weighted by Gasteiger charge is 2.26. The average molecular weight is 361 g/mol. The van der Waals surface area contributed by atoms with Crippen molar-refractivity contribution in [2.24, 2.45) is 0 Å². The van der Waals surface area contributed by atoms with Crippen molar-refractivity contribution in [3.63, 3.8) is 0 Å². The zero-order chi connectivity index (χ0) is 16.4. The number of halogens is 3. The number of ether oxygens (including phenoxy) is 1. The summed E-state index contributed by atoms with van der Waals surface area (Å²) >= 11 is 18.0. The molecule has 8 heteroatoms. The van der Waals surface area contributed by atoms with Gasteiger partial charge in [0.2, 0.25) is 0 Å². The molecule has 0 N–H and O–H groups in total. The molecule has 0 aliphatic carbocycles. The Morgan fingerprint density at radius 3 is 2.32 bits per heavy atom. The Morgan fingerprint density at radius 2 is 1.73 bits per heavy atom. The second kappa shape index (κ2) is 6.52. The minimum absolute atomic E-state index is 0.199. The van der Waals surface area contributed by atoms with Crippen molar-refractivity contribution in [2.45, 2.75) is 0 Å². The summed E-state index contributed by atoms with van der Waals surface area (Å²) in [6, 6.07) is 7.02. The molecule has 0 unspecified atom stereocenters. The number of methoxy groups -OCH3 is 1. The summed E-state index contributed by atoms with van der Waals surface area (Å²) in [5, 5.41) is 11.8.